The minimum atomic E-state index is -3.92. The van der Waals surface area contributed by atoms with Crippen molar-refractivity contribution in [3.8, 4) is 11.8 Å². The molecule has 0 spiro atoms. The molecule has 0 aliphatic heterocycles. The number of amides is 1. The average molecular weight is 593 g/mol. The number of hydroxylamine groups is 1. The Balaban J connectivity index is 1.34. The van der Waals surface area contributed by atoms with E-state index in [1.807, 2.05) is 98.0 Å². The number of rotatable bonds is 10. The Morgan fingerprint density at radius 1 is 0.907 bits per heavy atom. The van der Waals surface area contributed by atoms with Crippen molar-refractivity contribution in [2.24, 2.45) is 5.92 Å². The van der Waals surface area contributed by atoms with Gasteiger partial charge in [-0.25, -0.2) is 13.9 Å². The molecule has 4 aromatic carbocycles. The minimum absolute atomic E-state index is 0.172. The van der Waals surface area contributed by atoms with E-state index in [1.54, 1.807) is 21.9 Å². The fourth-order valence-corrected chi connectivity index (χ4v) is 7.37. The van der Waals surface area contributed by atoms with Gasteiger partial charge in [0.25, 0.3) is 5.91 Å². The number of aromatic nitrogens is 1. The van der Waals surface area contributed by atoms with E-state index >= 15 is 0 Å². The molecule has 1 aliphatic carbocycles. The van der Waals surface area contributed by atoms with Crippen molar-refractivity contribution >= 4 is 43.3 Å². The quantitative estimate of drug-likeness (QED) is 0.120. The molecular formula is C34H32N4O4S. The lowest BCUT2D eigenvalue weighted by molar-refractivity contribution is -0.132. The lowest BCUT2D eigenvalue weighted by Gasteiger charge is -2.25. The largest absolute Gasteiger partial charge is 0.377 e. The summed E-state index contributed by atoms with van der Waals surface area (Å²) in [5.74, 6) is 4.30. The number of nitrogens with one attached hydrogen (secondary N) is 2. The zero-order valence-electron chi connectivity index (χ0n) is 23.9. The van der Waals surface area contributed by atoms with Gasteiger partial charge in [-0.05, 0) is 41.3 Å². The summed E-state index contributed by atoms with van der Waals surface area (Å²) in [6.07, 6.45) is 2.48. The number of benzene rings is 4. The SMILES string of the molecule is CN(C)c1cccc2c(S(=O)(=O)N(CCc3c[nH]c4ccccc34)Cc3ccc(C4C#CC4C(=O)NO)cc3)cccc12. The highest BCUT2D eigenvalue weighted by atomic mass is 32.2. The summed E-state index contributed by atoms with van der Waals surface area (Å²) in [5.41, 5.74) is 6.35. The standard InChI is InChI=1S/C34H32N4O4S/c1-37(2)32-11-5-9-29-28(32)8-6-12-33(29)43(41,42)38(20-19-25-21-35-31-10-4-3-7-27(25)31)22-23-13-15-24(16-14-23)26-17-18-30(26)34(39)36-40/h3-16,21,26,30,35,40H,19-20,22H2,1-2H3,(H,36,39). The summed E-state index contributed by atoms with van der Waals surface area (Å²) in [7, 11) is -0.0263. The molecule has 2 unspecified atom stereocenters. The fraction of sp³-hybridized carbons (Fsp3) is 0.206. The van der Waals surface area contributed by atoms with Gasteiger partial charge in [-0.2, -0.15) is 4.31 Å². The Labute approximate surface area is 251 Å². The number of carbonyl (C=O) groups is 1. The minimum Gasteiger partial charge on any atom is -0.377 e. The van der Waals surface area contributed by atoms with E-state index in [0.717, 1.165) is 38.7 Å². The number of nitrogens with zero attached hydrogens (tertiary/aromatic N) is 2. The maximum absolute atomic E-state index is 14.5. The van der Waals surface area contributed by atoms with Crippen LogP contribution in [0.3, 0.4) is 0 Å². The molecule has 0 fully saturated rings. The predicted molar refractivity (Wildman–Crippen MR) is 168 cm³/mol. The first kappa shape index (κ1) is 28.5. The number of hydrogen-bond donors (Lipinski definition) is 3. The van der Waals surface area contributed by atoms with Crippen LogP contribution in [-0.2, 0) is 27.8 Å². The molecule has 1 aromatic heterocycles. The number of H-pyrrole nitrogens is 1. The Hall–Kier alpha value is -4.62. The van der Waals surface area contributed by atoms with Crippen molar-refractivity contribution in [2.45, 2.75) is 23.8 Å². The second kappa shape index (κ2) is 11.6. The maximum atomic E-state index is 14.5. The van der Waals surface area contributed by atoms with Crippen LogP contribution < -0.4 is 10.4 Å². The lowest BCUT2D eigenvalue weighted by atomic mass is 9.79. The molecule has 0 saturated carbocycles. The first-order chi connectivity index (χ1) is 20.8. The van der Waals surface area contributed by atoms with Gasteiger partial charge >= 0.3 is 0 Å². The number of hydrogen-bond acceptors (Lipinski definition) is 5. The van der Waals surface area contributed by atoms with Crippen LogP contribution in [0.5, 0.6) is 0 Å². The third-order valence-corrected chi connectivity index (χ3v) is 9.99. The van der Waals surface area contributed by atoms with E-state index in [1.165, 1.54) is 0 Å². The van der Waals surface area contributed by atoms with Crippen LogP contribution in [-0.4, -0.2) is 49.5 Å². The number of carbonyl (C=O) groups excluding carboxylic acids is 1. The third-order valence-electron chi connectivity index (χ3n) is 8.08. The highest BCUT2D eigenvalue weighted by Gasteiger charge is 2.32. The Morgan fingerprint density at radius 2 is 1.63 bits per heavy atom. The fourth-order valence-electron chi connectivity index (χ4n) is 5.73. The Kier molecular flexibility index (Phi) is 7.67. The maximum Gasteiger partial charge on any atom is 0.260 e. The normalized spacial score (nSPS) is 16.1. The first-order valence-electron chi connectivity index (χ1n) is 14.1. The van der Waals surface area contributed by atoms with Gasteiger partial charge in [-0.3, -0.25) is 10.0 Å². The van der Waals surface area contributed by atoms with E-state index in [2.05, 4.69) is 16.8 Å². The highest BCUT2D eigenvalue weighted by Crippen LogP contribution is 2.33. The van der Waals surface area contributed by atoms with Crippen LogP contribution in [0.2, 0.25) is 0 Å². The van der Waals surface area contributed by atoms with Gasteiger partial charge in [-0.1, -0.05) is 78.6 Å². The zero-order chi connectivity index (χ0) is 30.1. The van der Waals surface area contributed by atoms with E-state index < -0.39 is 21.8 Å². The summed E-state index contributed by atoms with van der Waals surface area (Å²) < 4.78 is 30.5. The van der Waals surface area contributed by atoms with Gasteiger partial charge < -0.3 is 9.88 Å². The van der Waals surface area contributed by atoms with E-state index in [-0.39, 0.29) is 23.9 Å². The number of anilines is 1. The molecule has 1 amide bonds. The zero-order valence-corrected chi connectivity index (χ0v) is 24.7. The van der Waals surface area contributed by atoms with Crippen LogP contribution in [0.15, 0.2) is 96.0 Å². The number of fused-ring (bicyclic) bond motifs is 2. The summed E-state index contributed by atoms with van der Waals surface area (Å²) >= 11 is 0. The molecule has 0 radical (unpaired) electrons. The summed E-state index contributed by atoms with van der Waals surface area (Å²) in [6, 6.07) is 26.7. The first-order valence-corrected chi connectivity index (χ1v) is 15.5. The molecule has 1 heterocycles. The van der Waals surface area contributed by atoms with E-state index in [4.69, 9.17) is 5.21 Å². The predicted octanol–water partition coefficient (Wildman–Crippen LogP) is 5.04. The molecule has 1 aliphatic rings. The summed E-state index contributed by atoms with van der Waals surface area (Å²) in [5, 5.41) is 11.6. The highest BCUT2D eigenvalue weighted by molar-refractivity contribution is 7.89. The monoisotopic (exact) mass is 592 g/mol. The molecular weight excluding hydrogens is 560 g/mol. The van der Waals surface area contributed by atoms with E-state index in [0.29, 0.717) is 11.8 Å². The van der Waals surface area contributed by atoms with Crippen LogP contribution >= 0.6 is 0 Å². The van der Waals surface area contributed by atoms with Gasteiger partial charge in [0, 0.05) is 60.7 Å². The van der Waals surface area contributed by atoms with E-state index in [9.17, 15) is 13.2 Å². The van der Waals surface area contributed by atoms with Crippen molar-refractivity contribution in [3.05, 3.63) is 108 Å². The molecule has 5 aromatic rings. The average Bonchev–Trinajstić information content (AvgIpc) is 3.41. The van der Waals surface area contributed by atoms with Crippen LogP contribution in [0.1, 0.15) is 22.6 Å². The molecule has 218 valence electrons. The summed E-state index contributed by atoms with van der Waals surface area (Å²) in [6.45, 7) is 0.453. The smallest absolute Gasteiger partial charge is 0.260 e. The lowest BCUT2D eigenvalue weighted by Crippen LogP contribution is -2.34. The Bertz CT molecular complexity index is 1990. The molecule has 43 heavy (non-hydrogen) atoms. The van der Waals surface area contributed by atoms with Crippen LogP contribution in [0, 0.1) is 17.8 Å². The van der Waals surface area contributed by atoms with Crippen molar-refractivity contribution < 1.29 is 18.4 Å². The Morgan fingerprint density at radius 3 is 2.35 bits per heavy atom. The molecule has 0 saturated heterocycles. The molecule has 3 N–H and O–H groups in total. The van der Waals surface area contributed by atoms with Gasteiger partial charge in [-0.15, -0.1) is 0 Å². The second-order valence-electron chi connectivity index (χ2n) is 10.9. The molecule has 9 heteroatoms. The number of sulfonamides is 1. The van der Waals surface area contributed by atoms with Crippen molar-refractivity contribution in [2.75, 3.05) is 25.5 Å². The second-order valence-corrected chi connectivity index (χ2v) is 12.8. The number of para-hydroxylation sites is 1. The van der Waals surface area contributed by atoms with Crippen molar-refractivity contribution in [1.82, 2.24) is 14.8 Å². The number of aromatic amines is 1. The molecule has 8 nitrogen and oxygen atoms in total. The van der Waals surface area contributed by atoms with Gasteiger partial charge in [0.2, 0.25) is 10.0 Å². The van der Waals surface area contributed by atoms with Gasteiger partial charge in [0.15, 0.2) is 0 Å². The van der Waals surface area contributed by atoms with Crippen LogP contribution in [0.4, 0.5) is 5.69 Å². The van der Waals surface area contributed by atoms with Gasteiger partial charge in [0.1, 0.15) is 5.92 Å². The third kappa shape index (κ3) is 5.37. The topological polar surface area (TPSA) is 106 Å². The van der Waals surface area contributed by atoms with Crippen LogP contribution in [0.25, 0.3) is 21.7 Å². The molecule has 0 bridgehead atoms. The van der Waals surface area contributed by atoms with Crippen molar-refractivity contribution in [3.63, 3.8) is 0 Å². The summed E-state index contributed by atoms with van der Waals surface area (Å²) in [4.78, 5) is 17.4. The van der Waals surface area contributed by atoms with Gasteiger partial charge in [0.05, 0.1) is 10.8 Å². The molecule has 6 rings (SSSR count). The van der Waals surface area contributed by atoms with Crippen molar-refractivity contribution in [1.29, 1.82) is 0 Å². The molecule has 2 atom stereocenters.